The third-order valence-electron chi connectivity index (χ3n) is 11.2. The Kier molecular flexibility index (Phi) is 5.83. The Morgan fingerprint density at radius 2 is 0.464 bits per heavy atom. The molecule has 24 heteroatoms. The summed E-state index contributed by atoms with van der Waals surface area (Å²) >= 11 is 0. The first kappa shape index (κ1) is 37.3. The van der Waals surface area contributed by atoms with Gasteiger partial charge in [-0.3, -0.25) is 0 Å². The lowest BCUT2D eigenvalue weighted by Crippen LogP contribution is -2.64. The van der Waals surface area contributed by atoms with Crippen molar-refractivity contribution in [2.24, 2.45) is 0 Å². The van der Waals surface area contributed by atoms with Gasteiger partial charge < -0.3 is 0 Å². The molecule has 0 radical (unpaired) electrons. The summed E-state index contributed by atoms with van der Waals surface area (Å²) in [6.07, 6.45) is 0. The number of hydrogen-bond acceptors (Lipinski definition) is 0. The van der Waals surface area contributed by atoms with Crippen molar-refractivity contribution >= 4 is 53.9 Å². The van der Waals surface area contributed by atoms with E-state index in [9.17, 15) is 17.6 Å². The van der Waals surface area contributed by atoms with Crippen LogP contribution in [0.4, 0.5) is 105 Å². The fourth-order valence-electron chi connectivity index (χ4n) is 8.48. The van der Waals surface area contributed by atoms with Crippen LogP contribution in [0.1, 0.15) is 33.4 Å². The van der Waals surface area contributed by atoms with Gasteiger partial charge >= 0.3 is 71.1 Å². The van der Waals surface area contributed by atoms with E-state index in [1.807, 2.05) is 0 Å². The van der Waals surface area contributed by atoms with Crippen LogP contribution in [0.3, 0.4) is 0 Å². The molecule has 6 aromatic carbocycles. The third-order valence-corrected chi connectivity index (χ3v) is 11.2. The number of halogens is 24. The van der Waals surface area contributed by atoms with E-state index in [2.05, 4.69) is 0 Å². The molecule has 0 N–H and O–H groups in total. The predicted octanol–water partition coefficient (Wildman–Crippen LogP) is 13.2. The van der Waals surface area contributed by atoms with Gasteiger partial charge in [0.25, 0.3) is 0 Å². The van der Waals surface area contributed by atoms with E-state index in [4.69, 9.17) is 0 Å². The summed E-state index contributed by atoms with van der Waals surface area (Å²) in [6.45, 7) is 0. The molecule has 3 aliphatic rings. The lowest BCUT2D eigenvalue weighted by atomic mass is 9.74. The molecule has 0 spiro atoms. The van der Waals surface area contributed by atoms with E-state index in [0.29, 0.717) is 0 Å². The zero-order valence-electron chi connectivity index (χ0n) is 25.4. The molecule has 3 aliphatic carbocycles. The first-order valence-corrected chi connectivity index (χ1v) is 14.8. The van der Waals surface area contributed by atoms with Crippen molar-refractivity contribution in [2.45, 2.75) is 71.1 Å². The average molecular weight is 844 g/mol. The van der Waals surface area contributed by atoms with Gasteiger partial charge in [0.2, 0.25) is 0 Å². The van der Waals surface area contributed by atoms with E-state index in [1.54, 1.807) is 0 Å². The molecular weight excluding hydrogens is 840 g/mol. The second-order valence-electron chi connectivity index (χ2n) is 13.8. The highest BCUT2D eigenvalue weighted by molar-refractivity contribution is 6.46. The van der Waals surface area contributed by atoms with E-state index in [-0.39, 0.29) is 0 Å². The molecule has 0 saturated heterocycles. The molecule has 0 aromatic heterocycles. The van der Waals surface area contributed by atoms with Gasteiger partial charge in [-0.25, -0.2) is 0 Å². The third kappa shape index (κ3) is 3.05. The zero-order valence-corrected chi connectivity index (χ0v) is 25.4. The predicted molar refractivity (Wildman–Crippen MR) is 141 cm³/mol. The highest BCUT2D eigenvalue weighted by atomic mass is 19.4. The first-order valence-electron chi connectivity index (χ1n) is 14.8. The molecular formula is C32H4F24. The molecule has 56 heavy (non-hydrogen) atoms. The molecule has 0 nitrogen and oxygen atoms in total. The Balaban J connectivity index is 1.73. The smallest absolute Gasteiger partial charge is 0.194 e. The second-order valence-corrected chi connectivity index (χ2v) is 13.8. The quantitative estimate of drug-likeness (QED) is 0.106. The highest BCUT2D eigenvalue weighted by Gasteiger charge is 2.87. The zero-order chi connectivity index (χ0) is 42.1. The molecule has 300 valence electrons. The minimum atomic E-state index is -7.44. The molecule has 0 heterocycles. The fraction of sp³-hybridized carbons (Fsp3) is 0.375. The molecule has 0 aliphatic heterocycles. The van der Waals surface area contributed by atoms with Crippen LogP contribution >= 0.6 is 0 Å². The van der Waals surface area contributed by atoms with Gasteiger partial charge in [-0.2, -0.15) is 105 Å². The maximum atomic E-state index is 15.8. The summed E-state index contributed by atoms with van der Waals surface area (Å²) in [5, 5.41) is -20.7. The molecule has 0 fully saturated rings. The van der Waals surface area contributed by atoms with Crippen LogP contribution in [-0.4, -0.2) is 35.5 Å². The molecule has 0 amide bonds. The molecule has 9 rings (SSSR count). The number of benzene rings is 5. The maximum Gasteiger partial charge on any atom is 0.382 e. The summed E-state index contributed by atoms with van der Waals surface area (Å²) in [5.41, 5.74) is -18.4. The van der Waals surface area contributed by atoms with Crippen LogP contribution in [-0.2, 0) is 35.5 Å². The molecule has 0 saturated carbocycles. The van der Waals surface area contributed by atoms with E-state index >= 15 is 87.8 Å². The number of rotatable bonds is 0. The molecule has 6 aromatic rings. The largest absolute Gasteiger partial charge is 0.382 e. The van der Waals surface area contributed by atoms with Crippen LogP contribution in [0.5, 0.6) is 0 Å². The standard InChI is InChI=1S/C32H4F24/c33-21(34)8-1-5-2-9-16-11(24(39,40)30(51,52)28(47,48)22(9,35)36)4-7-14-13-6(19-20(7)26(43,44)32(55,56)31(53,54)25(19,41)42)3-10(15(8)17(13)12(5)18(14)16)23(37,38)29(49,50)27(21,45)46/h1-4H. The van der Waals surface area contributed by atoms with Crippen molar-refractivity contribution in [2.75, 3.05) is 0 Å². The number of hydrogen-bond donors (Lipinski definition) is 0. The van der Waals surface area contributed by atoms with Crippen LogP contribution in [0.2, 0.25) is 0 Å². The minimum Gasteiger partial charge on any atom is -0.194 e. The summed E-state index contributed by atoms with van der Waals surface area (Å²) in [4.78, 5) is 0. The normalized spacial score (nSPS) is 27.6. The molecule has 0 atom stereocenters. The van der Waals surface area contributed by atoms with Gasteiger partial charge in [0.05, 0.1) is 0 Å². The fourth-order valence-corrected chi connectivity index (χ4v) is 8.48. The van der Waals surface area contributed by atoms with Crippen molar-refractivity contribution in [3.05, 3.63) is 57.6 Å². The maximum absolute atomic E-state index is 15.8. The summed E-state index contributed by atoms with van der Waals surface area (Å²) in [7, 11) is 0. The summed E-state index contributed by atoms with van der Waals surface area (Å²) in [5.74, 6) is -85.5. The van der Waals surface area contributed by atoms with Gasteiger partial charge in [-0.15, -0.1) is 0 Å². The van der Waals surface area contributed by atoms with Crippen LogP contribution < -0.4 is 0 Å². The van der Waals surface area contributed by atoms with Crippen LogP contribution in [0.25, 0.3) is 53.9 Å². The van der Waals surface area contributed by atoms with Crippen molar-refractivity contribution in [3.63, 3.8) is 0 Å². The van der Waals surface area contributed by atoms with Crippen molar-refractivity contribution in [3.8, 4) is 0 Å². The first-order chi connectivity index (χ1) is 24.9. The number of alkyl halides is 24. The van der Waals surface area contributed by atoms with Crippen molar-refractivity contribution < 1.29 is 105 Å². The summed E-state index contributed by atoms with van der Waals surface area (Å²) in [6, 6.07) is -3.40. The highest BCUT2D eigenvalue weighted by Crippen LogP contribution is 2.72. The second kappa shape index (κ2) is 8.75. The van der Waals surface area contributed by atoms with Crippen molar-refractivity contribution in [1.82, 2.24) is 0 Å². The Hall–Kier alpha value is -4.28. The van der Waals surface area contributed by atoms with E-state index in [1.165, 1.54) is 0 Å². The van der Waals surface area contributed by atoms with Crippen LogP contribution in [0, 0.1) is 0 Å². The van der Waals surface area contributed by atoms with Gasteiger partial charge in [-0.1, -0.05) is 0 Å². The minimum absolute atomic E-state index is 0.667. The van der Waals surface area contributed by atoms with E-state index in [0.717, 1.165) is 0 Å². The summed E-state index contributed by atoms with van der Waals surface area (Å²) < 4.78 is 370. The monoisotopic (exact) mass is 844 g/mol. The molecule has 0 bridgehead atoms. The average Bonchev–Trinajstić information content (AvgIpc) is 3.41. The Morgan fingerprint density at radius 1 is 0.232 bits per heavy atom. The Morgan fingerprint density at radius 3 is 0.732 bits per heavy atom. The lowest BCUT2D eigenvalue weighted by molar-refractivity contribution is -0.385. The van der Waals surface area contributed by atoms with E-state index < -0.39 is 183 Å². The Labute approximate surface area is 288 Å². The SMILES string of the molecule is FC1(F)c2c(c3cc4c5c(cc6cc7c8c(cc2c2c3c5c6c82)C(F)(F)C(F)(F)C(F)(F)C7(F)F)C(F)(F)C(F)(F)C(F)(F)C4(F)F)C(F)(F)C(F)(F)C1(F)F. The van der Waals surface area contributed by atoms with Gasteiger partial charge in [-0.05, 0) is 67.4 Å². The van der Waals surface area contributed by atoms with Gasteiger partial charge in [0, 0.05) is 44.2 Å². The van der Waals surface area contributed by atoms with Crippen LogP contribution in [0.15, 0.2) is 24.3 Å². The number of fused-ring (bicyclic) bond motifs is 3. The lowest BCUT2D eigenvalue weighted by Gasteiger charge is -2.44. The van der Waals surface area contributed by atoms with Crippen molar-refractivity contribution in [1.29, 1.82) is 0 Å². The Bertz CT molecular complexity index is 2590. The molecule has 0 unspecified atom stereocenters. The van der Waals surface area contributed by atoms with Gasteiger partial charge in [0.15, 0.2) is 0 Å². The topological polar surface area (TPSA) is 0 Å². The van der Waals surface area contributed by atoms with Gasteiger partial charge in [0.1, 0.15) is 0 Å².